The quantitative estimate of drug-likeness (QED) is 0.538. The van der Waals surface area contributed by atoms with E-state index in [1.807, 2.05) is 54.9 Å². The number of fused-ring (bicyclic) bond motifs is 1. The second-order valence-electron chi connectivity index (χ2n) is 7.30. The Bertz CT molecular complexity index is 1250. The van der Waals surface area contributed by atoms with Gasteiger partial charge in [0.15, 0.2) is 0 Å². The molecule has 4 aromatic rings. The van der Waals surface area contributed by atoms with E-state index in [2.05, 4.69) is 15.4 Å². The summed E-state index contributed by atoms with van der Waals surface area (Å²) in [5.41, 5.74) is 4.62. The molecule has 0 radical (unpaired) electrons. The fourth-order valence-electron chi connectivity index (χ4n) is 3.47. The van der Waals surface area contributed by atoms with Gasteiger partial charge in [-0.25, -0.2) is 9.67 Å². The largest absolute Gasteiger partial charge is 0.354 e. The summed E-state index contributed by atoms with van der Waals surface area (Å²) in [4.78, 5) is 29.0. The summed E-state index contributed by atoms with van der Waals surface area (Å²) in [6.07, 6.45) is 2.12. The van der Waals surface area contributed by atoms with E-state index >= 15 is 0 Å². The minimum atomic E-state index is -0.214. The highest BCUT2D eigenvalue weighted by molar-refractivity contribution is 5.78. The molecule has 0 atom stereocenters. The van der Waals surface area contributed by atoms with Crippen molar-refractivity contribution < 1.29 is 4.79 Å². The summed E-state index contributed by atoms with van der Waals surface area (Å²) in [5, 5.41) is 7.87. The van der Waals surface area contributed by atoms with Crippen LogP contribution in [0.1, 0.15) is 17.0 Å². The second-order valence-corrected chi connectivity index (χ2v) is 7.30. The van der Waals surface area contributed by atoms with Gasteiger partial charge in [0.1, 0.15) is 6.54 Å². The van der Waals surface area contributed by atoms with Crippen LogP contribution in [0.15, 0.2) is 65.7 Å². The van der Waals surface area contributed by atoms with E-state index < -0.39 is 0 Å². The number of nitrogens with one attached hydrogen (secondary N) is 1. The molecule has 0 aliphatic rings. The van der Waals surface area contributed by atoms with Crippen LogP contribution in [-0.4, -0.2) is 31.8 Å². The molecule has 7 heteroatoms. The van der Waals surface area contributed by atoms with Crippen LogP contribution in [0.4, 0.5) is 0 Å². The molecule has 1 amide bonds. The number of benzene rings is 2. The standard InChI is InChI=1S/C23H23N5O2/c1-16-13-17(2)28(26-16)19-9-7-18(8-10-19)11-12-24-22(29)14-27-15-25-21-6-4-3-5-20(21)23(27)30/h3-10,13,15H,11-12,14H2,1-2H3,(H,24,29). The first kappa shape index (κ1) is 19.6. The molecule has 2 aromatic carbocycles. The number of carbonyl (C=O) groups excluding carboxylic acids is 1. The Kier molecular flexibility index (Phi) is 5.43. The van der Waals surface area contributed by atoms with Crippen LogP contribution in [0.5, 0.6) is 0 Å². The molecule has 1 N–H and O–H groups in total. The first-order valence-corrected chi connectivity index (χ1v) is 9.85. The summed E-state index contributed by atoms with van der Waals surface area (Å²) < 4.78 is 3.25. The third-order valence-corrected chi connectivity index (χ3v) is 4.97. The van der Waals surface area contributed by atoms with E-state index in [9.17, 15) is 9.59 Å². The molecule has 0 bridgehead atoms. The minimum absolute atomic E-state index is 0.0481. The van der Waals surface area contributed by atoms with E-state index in [-0.39, 0.29) is 18.0 Å². The SMILES string of the molecule is Cc1cc(C)n(-c2ccc(CCNC(=O)Cn3cnc4ccccc4c3=O)cc2)n1. The lowest BCUT2D eigenvalue weighted by molar-refractivity contribution is -0.121. The second kappa shape index (κ2) is 8.32. The monoisotopic (exact) mass is 401 g/mol. The topological polar surface area (TPSA) is 81.8 Å². The lowest BCUT2D eigenvalue weighted by Gasteiger charge is -2.09. The average Bonchev–Trinajstić information content (AvgIpc) is 3.09. The smallest absolute Gasteiger partial charge is 0.261 e. The predicted octanol–water partition coefficient (Wildman–Crippen LogP) is 2.56. The first-order valence-electron chi connectivity index (χ1n) is 9.85. The molecule has 0 saturated carbocycles. The number of hydrogen-bond acceptors (Lipinski definition) is 4. The molecule has 0 aliphatic carbocycles. The molecule has 0 aliphatic heterocycles. The van der Waals surface area contributed by atoms with Gasteiger partial charge < -0.3 is 5.32 Å². The van der Waals surface area contributed by atoms with Crippen molar-refractivity contribution in [1.29, 1.82) is 0 Å². The number of aryl methyl sites for hydroxylation is 2. The summed E-state index contributed by atoms with van der Waals surface area (Å²) >= 11 is 0. The molecule has 4 rings (SSSR count). The zero-order valence-electron chi connectivity index (χ0n) is 17.0. The Morgan fingerprint density at radius 2 is 1.83 bits per heavy atom. The number of nitrogens with zero attached hydrogens (tertiary/aromatic N) is 4. The van der Waals surface area contributed by atoms with Crippen molar-refractivity contribution in [3.05, 3.63) is 88.2 Å². The minimum Gasteiger partial charge on any atom is -0.354 e. The molecule has 2 heterocycles. The van der Waals surface area contributed by atoms with Crippen molar-refractivity contribution in [1.82, 2.24) is 24.6 Å². The zero-order chi connectivity index (χ0) is 21.1. The van der Waals surface area contributed by atoms with Crippen molar-refractivity contribution >= 4 is 16.8 Å². The molecule has 152 valence electrons. The van der Waals surface area contributed by atoms with Crippen LogP contribution in [-0.2, 0) is 17.8 Å². The van der Waals surface area contributed by atoms with Gasteiger partial charge in [0.05, 0.1) is 28.6 Å². The Morgan fingerprint density at radius 1 is 1.07 bits per heavy atom. The van der Waals surface area contributed by atoms with Crippen LogP contribution < -0.4 is 10.9 Å². The highest BCUT2D eigenvalue weighted by Crippen LogP contribution is 2.13. The van der Waals surface area contributed by atoms with Crippen molar-refractivity contribution in [2.75, 3.05) is 6.54 Å². The van der Waals surface area contributed by atoms with Gasteiger partial charge >= 0.3 is 0 Å². The summed E-state index contributed by atoms with van der Waals surface area (Å²) in [5.74, 6) is -0.214. The van der Waals surface area contributed by atoms with Crippen molar-refractivity contribution in [3.63, 3.8) is 0 Å². The summed E-state index contributed by atoms with van der Waals surface area (Å²) in [6.45, 7) is 4.45. The highest BCUT2D eigenvalue weighted by atomic mass is 16.2. The van der Waals surface area contributed by atoms with Crippen LogP contribution >= 0.6 is 0 Å². The Labute approximate surface area is 174 Å². The predicted molar refractivity (Wildman–Crippen MR) is 116 cm³/mol. The highest BCUT2D eigenvalue weighted by Gasteiger charge is 2.08. The summed E-state index contributed by atoms with van der Waals surface area (Å²) in [7, 11) is 0. The lowest BCUT2D eigenvalue weighted by atomic mass is 10.1. The van der Waals surface area contributed by atoms with E-state index in [4.69, 9.17) is 0 Å². The van der Waals surface area contributed by atoms with Gasteiger partial charge in [0.25, 0.3) is 5.56 Å². The molecule has 2 aromatic heterocycles. The molecule has 0 fully saturated rings. The van der Waals surface area contributed by atoms with Gasteiger partial charge in [-0.05, 0) is 56.2 Å². The fourth-order valence-corrected chi connectivity index (χ4v) is 3.47. The average molecular weight is 401 g/mol. The van der Waals surface area contributed by atoms with E-state index in [1.165, 1.54) is 10.9 Å². The maximum absolute atomic E-state index is 12.5. The van der Waals surface area contributed by atoms with Gasteiger partial charge in [-0.3, -0.25) is 14.2 Å². The molecule has 0 spiro atoms. The first-order chi connectivity index (χ1) is 14.5. The number of carbonyl (C=O) groups is 1. The zero-order valence-corrected chi connectivity index (χ0v) is 17.0. The Morgan fingerprint density at radius 3 is 2.57 bits per heavy atom. The fraction of sp³-hybridized carbons (Fsp3) is 0.217. The molecule has 0 saturated heterocycles. The maximum atomic E-state index is 12.5. The van der Waals surface area contributed by atoms with Crippen molar-refractivity contribution in [2.24, 2.45) is 0 Å². The van der Waals surface area contributed by atoms with Crippen LogP contribution in [0, 0.1) is 13.8 Å². The number of amides is 1. The van der Waals surface area contributed by atoms with Crippen molar-refractivity contribution in [3.8, 4) is 5.69 Å². The maximum Gasteiger partial charge on any atom is 0.261 e. The van der Waals surface area contributed by atoms with Crippen molar-refractivity contribution in [2.45, 2.75) is 26.8 Å². The number of aromatic nitrogens is 4. The third kappa shape index (κ3) is 4.15. The van der Waals surface area contributed by atoms with Gasteiger partial charge in [-0.15, -0.1) is 0 Å². The van der Waals surface area contributed by atoms with E-state index in [0.717, 1.165) is 22.6 Å². The van der Waals surface area contributed by atoms with Crippen LogP contribution in [0.2, 0.25) is 0 Å². The summed E-state index contributed by atoms with van der Waals surface area (Å²) in [6, 6.07) is 17.3. The number of hydrogen-bond donors (Lipinski definition) is 1. The molecular weight excluding hydrogens is 378 g/mol. The molecule has 0 unspecified atom stereocenters. The molecule has 7 nitrogen and oxygen atoms in total. The van der Waals surface area contributed by atoms with Crippen LogP contribution in [0.3, 0.4) is 0 Å². The van der Waals surface area contributed by atoms with Gasteiger partial charge in [-0.2, -0.15) is 5.10 Å². The van der Waals surface area contributed by atoms with Gasteiger partial charge in [0, 0.05) is 12.2 Å². The van der Waals surface area contributed by atoms with E-state index in [0.29, 0.717) is 23.9 Å². The normalized spacial score (nSPS) is 11.0. The Balaban J connectivity index is 1.33. The van der Waals surface area contributed by atoms with E-state index in [1.54, 1.807) is 18.2 Å². The molecule has 30 heavy (non-hydrogen) atoms. The third-order valence-electron chi connectivity index (χ3n) is 4.97. The van der Waals surface area contributed by atoms with Gasteiger partial charge in [0.2, 0.25) is 5.91 Å². The number of rotatable bonds is 6. The van der Waals surface area contributed by atoms with Crippen LogP contribution in [0.25, 0.3) is 16.6 Å². The van der Waals surface area contributed by atoms with Gasteiger partial charge in [-0.1, -0.05) is 24.3 Å². The molecular formula is C23H23N5O2. The lowest BCUT2D eigenvalue weighted by Crippen LogP contribution is -2.33. The Hall–Kier alpha value is -3.74. The number of para-hydroxylation sites is 1.